The van der Waals surface area contributed by atoms with Gasteiger partial charge in [-0.1, -0.05) is 319 Å². The molecule has 0 heterocycles. The van der Waals surface area contributed by atoms with Crippen molar-refractivity contribution in [2.24, 2.45) is 0 Å². The predicted molar refractivity (Wildman–Crippen MR) is 335 cm³/mol. The van der Waals surface area contributed by atoms with E-state index in [1.54, 1.807) is 0 Å². The number of unbranched alkanes of at least 4 members (excludes halogenated alkanes) is 41. The SMILES string of the molecule is CC/C=C\C/C=C\C/C=C\C/C=C\CCCCCCC(=O)OC(COC(=O)CCCCCCC/C=C\CCC)COC(=O)CCCCCCCCCCCCCCCCCCCCCCCCCCCCCCCCCC. The van der Waals surface area contributed by atoms with Crippen LogP contribution in [0, 0.1) is 0 Å². The predicted octanol–water partition coefficient (Wildman–Crippen LogP) is 23.1. The quantitative estimate of drug-likeness (QED) is 0.0261. The van der Waals surface area contributed by atoms with Crippen molar-refractivity contribution in [1.82, 2.24) is 0 Å². The van der Waals surface area contributed by atoms with E-state index in [0.29, 0.717) is 19.3 Å². The Hall–Kier alpha value is -2.89. The number of allylic oxidation sites excluding steroid dienone is 10. The molecule has 0 aromatic heterocycles. The highest BCUT2D eigenvalue weighted by molar-refractivity contribution is 5.71. The van der Waals surface area contributed by atoms with E-state index >= 15 is 0 Å². The van der Waals surface area contributed by atoms with Gasteiger partial charge in [-0.05, 0) is 77.0 Å². The molecule has 0 radical (unpaired) electrons. The molecule has 0 N–H and O–H groups in total. The van der Waals surface area contributed by atoms with Crippen molar-refractivity contribution in [3.8, 4) is 0 Å². The maximum absolute atomic E-state index is 12.9. The molecule has 448 valence electrons. The smallest absolute Gasteiger partial charge is 0.306 e. The van der Waals surface area contributed by atoms with Crippen LogP contribution in [0.4, 0.5) is 0 Å². The minimum Gasteiger partial charge on any atom is -0.462 e. The molecule has 1 unspecified atom stereocenters. The van der Waals surface area contributed by atoms with Gasteiger partial charge in [-0.25, -0.2) is 0 Å². The zero-order chi connectivity index (χ0) is 55.7. The molecule has 0 spiro atoms. The molecular formula is C71H128O6. The van der Waals surface area contributed by atoms with Gasteiger partial charge in [0.1, 0.15) is 13.2 Å². The molecule has 1 atom stereocenters. The maximum Gasteiger partial charge on any atom is 0.306 e. The summed E-state index contributed by atoms with van der Waals surface area (Å²) >= 11 is 0. The molecule has 6 heteroatoms. The molecule has 0 aromatic carbocycles. The van der Waals surface area contributed by atoms with Crippen molar-refractivity contribution in [3.63, 3.8) is 0 Å². The van der Waals surface area contributed by atoms with Crippen LogP contribution in [0.5, 0.6) is 0 Å². The third kappa shape index (κ3) is 63.8. The molecule has 0 rings (SSSR count). The van der Waals surface area contributed by atoms with Crippen molar-refractivity contribution in [2.45, 2.75) is 361 Å². The van der Waals surface area contributed by atoms with Gasteiger partial charge in [0.2, 0.25) is 0 Å². The van der Waals surface area contributed by atoms with Crippen LogP contribution in [0.15, 0.2) is 60.8 Å². The first-order chi connectivity index (χ1) is 38.0. The molecule has 0 bridgehead atoms. The van der Waals surface area contributed by atoms with Crippen molar-refractivity contribution in [1.29, 1.82) is 0 Å². The van der Waals surface area contributed by atoms with Crippen molar-refractivity contribution in [2.75, 3.05) is 13.2 Å². The van der Waals surface area contributed by atoms with Crippen LogP contribution in [0.1, 0.15) is 355 Å². The molecule has 0 aromatic rings. The largest absolute Gasteiger partial charge is 0.462 e. The Morgan fingerprint density at radius 3 is 0.857 bits per heavy atom. The first-order valence-electron chi connectivity index (χ1n) is 33.8. The number of esters is 3. The third-order valence-electron chi connectivity index (χ3n) is 15.0. The second-order valence-corrected chi connectivity index (χ2v) is 22.7. The normalized spacial score (nSPS) is 12.4. The number of ether oxygens (including phenoxy) is 3. The van der Waals surface area contributed by atoms with Gasteiger partial charge in [-0.2, -0.15) is 0 Å². The summed E-state index contributed by atoms with van der Waals surface area (Å²) in [6.07, 6.45) is 84.2. The highest BCUT2D eigenvalue weighted by Crippen LogP contribution is 2.18. The molecule has 0 aliphatic heterocycles. The Bertz CT molecular complexity index is 1380. The van der Waals surface area contributed by atoms with Crippen LogP contribution in [-0.4, -0.2) is 37.2 Å². The summed E-state index contributed by atoms with van der Waals surface area (Å²) in [6.45, 7) is 6.48. The van der Waals surface area contributed by atoms with Crippen molar-refractivity contribution >= 4 is 17.9 Å². The number of carbonyl (C=O) groups excluding carboxylic acids is 3. The Labute approximate surface area is 479 Å². The topological polar surface area (TPSA) is 78.9 Å². The summed E-state index contributed by atoms with van der Waals surface area (Å²) in [6, 6.07) is 0. The first kappa shape index (κ1) is 74.1. The molecule has 0 aliphatic rings. The van der Waals surface area contributed by atoms with E-state index in [4.69, 9.17) is 14.2 Å². The lowest BCUT2D eigenvalue weighted by Gasteiger charge is -2.18. The molecule has 0 saturated heterocycles. The van der Waals surface area contributed by atoms with E-state index in [1.165, 1.54) is 205 Å². The van der Waals surface area contributed by atoms with E-state index in [1.807, 2.05) is 0 Å². The zero-order valence-electron chi connectivity index (χ0n) is 51.5. The van der Waals surface area contributed by atoms with Crippen molar-refractivity contribution in [3.05, 3.63) is 60.8 Å². The molecular weight excluding hydrogens is 949 g/mol. The van der Waals surface area contributed by atoms with Crippen LogP contribution in [-0.2, 0) is 28.6 Å². The van der Waals surface area contributed by atoms with E-state index in [2.05, 4.69) is 81.5 Å². The van der Waals surface area contributed by atoms with Crippen LogP contribution in [0.2, 0.25) is 0 Å². The van der Waals surface area contributed by atoms with E-state index in [-0.39, 0.29) is 31.1 Å². The summed E-state index contributed by atoms with van der Waals surface area (Å²) in [4.78, 5) is 38.2. The number of hydrogen-bond acceptors (Lipinski definition) is 6. The summed E-state index contributed by atoms with van der Waals surface area (Å²) in [5.41, 5.74) is 0. The summed E-state index contributed by atoms with van der Waals surface area (Å²) < 4.78 is 16.9. The van der Waals surface area contributed by atoms with Gasteiger partial charge in [0, 0.05) is 19.3 Å². The highest BCUT2D eigenvalue weighted by atomic mass is 16.6. The Balaban J connectivity index is 4.08. The molecule has 0 aliphatic carbocycles. The van der Waals surface area contributed by atoms with Crippen LogP contribution < -0.4 is 0 Å². The molecule has 77 heavy (non-hydrogen) atoms. The molecule has 0 saturated carbocycles. The van der Waals surface area contributed by atoms with E-state index < -0.39 is 6.10 Å². The fraction of sp³-hybridized carbons (Fsp3) is 0.817. The van der Waals surface area contributed by atoms with Gasteiger partial charge in [0.25, 0.3) is 0 Å². The lowest BCUT2D eigenvalue weighted by atomic mass is 10.0. The van der Waals surface area contributed by atoms with E-state index in [0.717, 1.165) is 109 Å². The van der Waals surface area contributed by atoms with Gasteiger partial charge in [-0.15, -0.1) is 0 Å². The van der Waals surface area contributed by atoms with Gasteiger partial charge < -0.3 is 14.2 Å². The lowest BCUT2D eigenvalue weighted by molar-refractivity contribution is -0.167. The lowest BCUT2D eigenvalue weighted by Crippen LogP contribution is -2.30. The van der Waals surface area contributed by atoms with Gasteiger partial charge >= 0.3 is 17.9 Å². The number of rotatable bonds is 62. The second kappa shape index (κ2) is 65.6. The number of carbonyl (C=O) groups is 3. The molecule has 0 fully saturated rings. The van der Waals surface area contributed by atoms with Crippen molar-refractivity contribution < 1.29 is 28.6 Å². The first-order valence-corrected chi connectivity index (χ1v) is 33.8. The van der Waals surface area contributed by atoms with Crippen LogP contribution in [0.3, 0.4) is 0 Å². The highest BCUT2D eigenvalue weighted by Gasteiger charge is 2.19. The van der Waals surface area contributed by atoms with Gasteiger partial charge in [-0.3, -0.25) is 14.4 Å². The average Bonchev–Trinajstić information content (AvgIpc) is 3.43. The minimum atomic E-state index is -0.789. The van der Waals surface area contributed by atoms with Gasteiger partial charge in [0.15, 0.2) is 6.10 Å². The fourth-order valence-corrected chi connectivity index (χ4v) is 9.97. The zero-order valence-corrected chi connectivity index (χ0v) is 51.5. The molecule has 0 amide bonds. The molecule has 6 nitrogen and oxygen atoms in total. The van der Waals surface area contributed by atoms with Gasteiger partial charge in [0.05, 0.1) is 0 Å². The standard InChI is InChI=1S/C71H128O6/c1-4-7-10-13-16-19-22-24-26-28-29-30-31-32-33-34-35-36-37-38-39-40-41-42-44-45-47-49-52-55-58-61-64-70(73)76-67-68(66-75-69(72)63-60-57-54-51-21-18-15-12-9-6-3)77-71(74)65-62-59-56-53-50-48-46-43-27-25-23-20-17-14-11-8-5-2/h8,11-12,15,17,20,25,27,46,48,68H,4-7,9-10,13-14,16,18-19,21-24,26,28-45,47,49-67H2,1-3H3/b11-8-,15-12-,20-17-,27-25-,48-46-. The minimum absolute atomic E-state index is 0.0843. The Morgan fingerprint density at radius 2 is 0.532 bits per heavy atom. The fourth-order valence-electron chi connectivity index (χ4n) is 9.97. The maximum atomic E-state index is 12.9. The summed E-state index contributed by atoms with van der Waals surface area (Å²) in [5, 5.41) is 0. The Kier molecular flexibility index (Phi) is 63.2. The average molecular weight is 1080 g/mol. The second-order valence-electron chi connectivity index (χ2n) is 22.7. The number of hydrogen-bond donors (Lipinski definition) is 0. The summed E-state index contributed by atoms with van der Waals surface area (Å²) in [7, 11) is 0. The van der Waals surface area contributed by atoms with E-state index in [9.17, 15) is 14.4 Å². The third-order valence-corrected chi connectivity index (χ3v) is 15.0. The monoisotopic (exact) mass is 1080 g/mol. The van der Waals surface area contributed by atoms with Crippen LogP contribution in [0.25, 0.3) is 0 Å². The van der Waals surface area contributed by atoms with Crippen LogP contribution >= 0.6 is 0 Å². The summed E-state index contributed by atoms with van der Waals surface area (Å²) in [5.74, 6) is -0.904. The Morgan fingerprint density at radius 1 is 0.273 bits per heavy atom.